The Kier molecular flexibility index (Phi) is 4.35. The molecule has 23 heavy (non-hydrogen) atoms. The Labute approximate surface area is 136 Å². The van der Waals surface area contributed by atoms with Crippen molar-refractivity contribution in [3.8, 4) is 0 Å². The zero-order valence-electron chi connectivity index (χ0n) is 14.0. The van der Waals surface area contributed by atoms with Crippen LogP contribution in [-0.4, -0.2) is 57.2 Å². The van der Waals surface area contributed by atoms with Gasteiger partial charge in [0, 0.05) is 32.1 Å². The summed E-state index contributed by atoms with van der Waals surface area (Å²) in [6.07, 6.45) is 7.64. The third kappa shape index (κ3) is 2.95. The molecule has 0 aromatic carbocycles. The number of carbonyl (C=O) groups is 2. The van der Waals surface area contributed by atoms with Crippen molar-refractivity contribution in [2.24, 2.45) is 0 Å². The zero-order chi connectivity index (χ0) is 16.6. The Balaban J connectivity index is 1.73. The number of nitrogens with zero attached hydrogens (tertiary/aromatic N) is 4. The fourth-order valence-electron chi connectivity index (χ4n) is 3.55. The molecule has 2 unspecified atom stereocenters. The average Bonchev–Trinajstić information content (AvgIpc) is 3.11. The number of hydrogen-bond donors (Lipinski definition) is 0. The Bertz CT molecular complexity index is 649. The monoisotopic (exact) mass is 316 g/mol. The summed E-state index contributed by atoms with van der Waals surface area (Å²) in [5.74, 6) is 0.831. The quantitative estimate of drug-likeness (QED) is 0.628. The predicted molar refractivity (Wildman–Crippen MR) is 87.2 cm³/mol. The van der Waals surface area contributed by atoms with Crippen LogP contribution in [0.4, 0.5) is 0 Å². The zero-order valence-corrected chi connectivity index (χ0v) is 14.0. The van der Waals surface area contributed by atoms with Crippen molar-refractivity contribution in [1.82, 2.24) is 19.4 Å². The third-order valence-corrected chi connectivity index (χ3v) is 4.97. The number of carbonyl (C=O) groups excluding carboxylic acids is 2. The lowest BCUT2D eigenvalue weighted by Gasteiger charge is -2.33. The summed E-state index contributed by atoms with van der Waals surface area (Å²) in [7, 11) is 2.09. The first-order valence-corrected chi connectivity index (χ1v) is 8.24. The van der Waals surface area contributed by atoms with Crippen molar-refractivity contribution >= 4 is 11.7 Å². The number of likely N-dealkylation sites (tertiary alicyclic amines) is 1. The minimum absolute atomic E-state index is 0.0138. The lowest BCUT2D eigenvalue weighted by Crippen LogP contribution is -2.41. The van der Waals surface area contributed by atoms with Crippen molar-refractivity contribution in [2.45, 2.75) is 45.3 Å². The van der Waals surface area contributed by atoms with Crippen LogP contribution in [-0.2, 0) is 11.3 Å². The average molecular weight is 316 g/mol. The van der Waals surface area contributed by atoms with Gasteiger partial charge >= 0.3 is 0 Å². The van der Waals surface area contributed by atoms with Gasteiger partial charge in [-0.1, -0.05) is 6.08 Å². The molecule has 2 aliphatic rings. The van der Waals surface area contributed by atoms with E-state index >= 15 is 0 Å². The van der Waals surface area contributed by atoms with Gasteiger partial charge < -0.3 is 9.47 Å². The first-order chi connectivity index (χ1) is 11.0. The van der Waals surface area contributed by atoms with Gasteiger partial charge in [-0.05, 0) is 33.4 Å². The number of imidazole rings is 1. The van der Waals surface area contributed by atoms with Crippen LogP contribution in [0.15, 0.2) is 18.3 Å². The molecule has 124 valence electrons. The lowest BCUT2D eigenvalue weighted by atomic mass is 10.1. The van der Waals surface area contributed by atoms with Gasteiger partial charge in [0.25, 0.3) is 0 Å². The van der Waals surface area contributed by atoms with Gasteiger partial charge in [-0.15, -0.1) is 0 Å². The molecule has 0 aliphatic carbocycles. The molecule has 1 saturated heterocycles. The van der Waals surface area contributed by atoms with Crippen LogP contribution in [0.3, 0.4) is 0 Å². The highest BCUT2D eigenvalue weighted by atomic mass is 16.2. The molecule has 3 heterocycles. The predicted octanol–water partition coefficient (Wildman–Crippen LogP) is 1.64. The summed E-state index contributed by atoms with van der Waals surface area (Å²) in [6.45, 7) is 5.84. The van der Waals surface area contributed by atoms with E-state index in [9.17, 15) is 9.59 Å². The van der Waals surface area contributed by atoms with E-state index < -0.39 is 0 Å². The van der Waals surface area contributed by atoms with Crippen molar-refractivity contribution in [3.63, 3.8) is 0 Å². The van der Waals surface area contributed by atoms with Gasteiger partial charge in [0.15, 0.2) is 5.78 Å². The molecular weight excluding hydrogens is 292 g/mol. The summed E-state index contributed by atoms with van der Waals surface area (Å²) < 4.78 is 1.94. The fourth-order valence-corrected chi connectivity index (χ4v) is 3.55. The Hall–Kier alpha value is -1.95. The van der Waals surface area contributed by atoms with Crippen LogP contribution < -0.4 is 0 Å². The van der Waals surface area contributed by atoms with E-state index in [0.29, 0.717) is 24.8 Å². The van der Waals surface area contributed by atoms with Gasteiger partial charge in [-0.25, -0.2) is 4.98 Å². The van der Waals surface area contributed by atoms with Crippen LogP contribution in [0.2, 0.25) is 0 Å². The number of fused-ring (bicyclic) bond motifs is 1. The van der Waals surface area contributed by atoms with Crippen molar-refractivity contribution < 1.29 is 9.59 Å². The first-order valence-electron chi connectivity index (χ1n) is 8.24. The molecule has 1 fully saturated rings. The fraction of sp³-hybridized carbons (Fsp3) is 0.588. The smallest absolute Gasteiger partial charge is 0.246 e. The Morgan fingerprint density at radius 3 is 2.74 bits per heavy atom. The van der Waals surface area contributed by atoms with Gasteiger partial charge in [0.2, 0.25) is 5.91 Å². The number of likely N-dealkylation sites (N-methyl/N-ethyl adjacent to an activating group) is 1. The van der Waals surface area contributed by atoms with Gasteiger partial charge in [-0.3, -0.25) is 14.5 Å². The molecule has 0 saturated carbocycles. The minimum atomic E-state index is -0.115. The molecule has 0 bridgehead atoms. The number of hydrogen-bond acceptors (Lipinski definition) is 4. The maximum Gasteiger partial charge on any atom is 0.246 e. The number of ketones is 1. The second kappa shape index (κ2) is 6.28. The Morgan fingerprint density at radius 1 is 1.30 bits per heavy atom. The van der Waals surface area contributed by atoms with Crippen LogP contribution >= 0.6 is 0 Å². The van der Waals surface area contributed by atoms with E-state index in [-0.39, 0.29) is 17.7 Å². The maximum atomic E-state index is 12.5. The van der Waals surface area contributed by atoms with Crippen molar-refractivity contribution in [3.05, 3.63) is 29.9 Å². The molecule has 2 atom stereocenters. The SMILES string of the molecule is CC(=O)c1cnc2n1CCN(C(=O)/C=C/C1CCCN1C)C2C. The second-order valence-electron chi connectivity index (χ2n) is 6.47. The van der Waals surface area contributed by atoms with Crippen molar-refractivity contribution in [1.29, 1.82) is 0 Å². The van der Waals surface area contributed by atoms with Crippen molar-refractivity contribution in [2.75, 3.05) is 20.1 Å². The van der Waals surface area contributed by atoms with E-state index in [1.807, 2.05) is 22.5 Å². The number of rotatable bonds is 3. The highest BCUT2D eigenvalue weighted by Gasteiger charge is 2.30. The lowest BCUT2D eigenvalue weighted by molar-refractivity contribution is -0.129. The molecular formula is C17H24N4O2. The second-order valence-corrected chi connectivity index (χ2v) is 6.47. The molecule has 0 spiro atoms. The van der Waals surface area contributed by atoms with E-state index in [1.54, 1.807) is 19.2 Å². The van der Waals surface area contributed by atoms with Gasteiger partial charge in [0.1, 0.15) is 11.5 Å². The number of amides is 1. The molecule has 0 N–H and O–H groups in total. The summed E-state index contributed by atoms with van der Waals surface area (Å²) in [6, 6.07) is 0.251. The summed E-state index contributed by atoms with van der Waals surface area (Å²) >= 11 is 0. The van der Waals surface area contributed by atoms with Crippen LogP contribution in [0, 0.1) is 0 Å². The molecule has 6 nitrogen and oxygen atoms in total. The van der Waals surface area contributed by atoms with E-state index in [0.717, 1.165) is 18.8 Å². The Morgan fingerprint density at radius 2 is 2.09 bits per heavy atom. The molecule has 2 aliphatic heterocycles. The molecule has 1 aromatic heterocycles. The highest BCUT2D eigenvalue weighted by Crippen LogP contribution is 2.26. The normalized spacial score (nSPS) is 25.1. The summed E-state index contributed by atoms with van der Waals surface area (Å²) in [4.78, 5) is 32.6. The molecule has 0 radical (unpaired) electrons. The van der Waals surface area contributed by atoms with Crippen LogP contribution in [0.25, 0.3) is 0 Å². The summed E-state index contributed by atoms with van der Waals surface area (Å²) in [5, 5.41) is 0. The van der Waals surface area contributed by atoms with E-state index in [1.165, 1.54) is 6.42 Å². The first kappa shape index (κ1) is 15.9. The van der Waals surface area contributed by atoms with Gasteiger partial charge in [-0.2, -0.15) is 0 Å². The van der Waals surface area contributed by atoms with Gasteiger partial charge in [0.05, 0.1) is 12.2 Å². The molecule has 3 rings (SSSR count). The number of Topliss-reactive ketones (excluding diaryl/α,β-unsaturated/α-hetero) is 1. The summed E-state index contributed by atoms with van der Waals surface area (Å²) in [5.41, 5.74) is 0.627. The third-order valence-electron chi connectivity index (χ3n) is 4.97. The topological polar surface area (TPSA) is 58.4 Å². The molecule has 1 amide bonds. The van der Waals surface area contributed by atoms with Crippen LogP contribution in [0.1, 0.15) is 49.0 Å². The highest BCUT2D eigenvalue weighted by molar-refractivity contribution is 5.92. The van der Waals surface area contributed by atoms with Crippen LogP contribution in [0.5, 0.6) is 0 Å². The van der Waals surface area contributed by atoms with E-state index in [4.69, 9.17) is 0 Å². The number of aromatic nitrogens is 2. The minimum Gasteiger partial charge on any atom is -0.327 e. The maximum absolute atomic E-state index is 12.5. The van der Waals surface area contributed by atoms with E-state index in [2.05, 4.69) is 16.9 Å². The molecule has 1 aromatic rings. The standard InChI is InChI=1S/C17H24N4O2/c1-12-17-18-11-15(13(2)22)21(17)10-9-20(12)16(23)7-6-14-5-4-8-19(14)3/h6-7,11-12,14H,4-5,8-10H2,1-3H3/b7-6+. The molecule has 6 heteroatoms. The largest absolute Gasteiger partial charge is 0.327 e.